The third-order valence-electron chi connectivity index (χ3n) is 6.71. The van der Waals surface area contributed by atoms with Gasteiger partial charge in [-0.2, -0.15) is 4.98 Å². The van der Waals surface area contributed by atoms with Crippen molar-refractivity contribution in [3.63, 3.8) is 0 Å². The molecule has 35 heavy (non-hydrogen) atoms. The molecule has 182 valence electrons. The number of halogens is 1. The van der Waals surface area contributed by atoms with Crippen LogP contribution in [0.25, 0.3) is 11.4 Å². The quantitative estimate of drug-likeness (QED) is 0.596. The Balaban J connectivity index is 1.20. The molecule has 3 heterocycles. The van der Waals surface area contributed by atoms with Gasteiger partial charge >= 0.3 is 6.03 Å². The normalized spacial score (nSPS) is 20.5. The monoisotopic (exact) mass is 477 g/mol. The molecule has 2 aliphatic rings. The van der Waals surface area contributed by atoms with Gasteiger partial charge < -0.3 is 19.6 Å². The minimum Gasteiger partial charge on any atom is -0.342 e. The van der Waals surface area contributed by atoms with E-state index in [1.165, 1.54) is 12.1 Å². The molecule has 2 saturated heterocycles. The molecule has 2 fully saturated rings. The highest BCUT2D eigenvalue weighted by atomic mass is 19.1. The van der Waals surface area contributed by atoms with Gasteiger partial charge in [-0.25, -0.2) is 9.18 Å². The molecule has 2 atom stereocenters. The average Bonchev–Trinajstić information content (AvgIpc) is 3.40. The maximum absolute atomic E-state index is 13.4. The van der Waals surface area contributed by atoms with Crippen molar-refractivity contribution in [3.8, 4) is 11.4 Å². The number of nitrogens with zero attached hydrogens (tertiary/aromatic N) is 4. The molecule has 5 rings (SSSR count). The van der Waals surface area contributed by atoms with Gasteiger partial charge in [0.1, 0.15) is 5.82 Å². The SMILES string of the molecule is O=C(Nc1ccccc1)N1CCCC(C(=O)N2CCCC(c3nc(-c4ccc(F)cc4)no3)C2)C1. The van der Waals surface area contributed by atoms with E-state index in [2.05, 4.69) is 15.5 Å². The lowest BCUT2D eigenvalue weighted by Crippen LogP contribution is -2.49. The van der Waals surface area contributed by atoms with Crippen molar-refractivity contribution in [2.75, 3.05) is 31.5 Å². The smallest absolute Gasteiger partial charge is 0.321 e. The summed E-state index contributed by atoms with van der Waals surface area (Å²) in [6.45, 7) is 2.24. The fraction of sp³-hybridized carbons (Fsp3) is 0.385. The summed E-state index contributed by atoms with van der Waals surface area (Å²) in [4.78, 5) is 34.2. The zero-order valence-electron chi connectivity index (χ0n) is 19.4. The molecular weight excluding hydrogens is 449 g/mol. The van der Waals surface area contributed by atoms with Crippen molar-refractivity contribution in [1.82, 2.24) is 19.9 Å². The maximum atomic E-state index is 13.4. The Kier molecular flexibility index (Phi) is 6.74. The maximum Gasteiger partial charge on any atom is 0.321 e. The molecule has 3 aromatic rings. The van der Waals surface area contributed by atoms with Gasteiger partial charge in [0.2, 0.25) is 17.6 Å². The van der Waals surface area contributed by atoms with Crippen molar-refractivity contribution in [1.29, 1.82) is 0 Å². The lowest BCUT2D eigenvalue weighted by molar-refractivity contribution is -0.138. The summed E-state index contributed by atoms with van der Waals surface area (Å²) < 4.78 is 18.7. The summed E-state index contributed by atoms with van der Waals surface area (Å²) in [6.07, 6.45) is 3.26. The number of hydrogen-bond acceptors (Lipinski definition) is 5. The second kappa shape index (κ2) is 10.2. The Hall–Kier alpha value is -3.75. The van der Waals surface area contributed by atoms with Crippen molar-refractivity contribution < 1.29 is 18.5 Å². The van der Waals surface area contributed by atoms with Crippen LogP contribution < -0.4 is 5.32 Å². The predicted octanol–water partition coefficient (Wildman–Crippen LogP) is 4.53. The Bertz CT molecular complexity index is 1170. The lowest BCUT2D eigenvalue weighted by Gasteiger charge is -2.37. The molecule has 1 N–H and O–H groups in total. The van der Waals surface area contributed by atoms with Crippen LogP contribution in [0.3, 0.4) is 0 Å². The lowest BCUT2D eigenvalue weighted by atomic mass is 9.93. The molecular formula is C26H28FN5O3. The third-order valence-corrected chi connectivity index (χ3v) is 6.71. The van der Waals surface area contributed by atoms with E-state index in [-0.39, 0.29) is 29.6 Å². The summed E-state index contributed by atoms with van der Waals surface area (Å²) in [5, 5.41) is 6.96. The predicted molar refractivity (Wildman–Crippen MR) is 128 cm³/mol. The van der Waals surface area contributed by atoms with E-state index in [9.17, 15) is 14.0 Å². The van der Waals surface area contributed by atoms with Gasteiger partial charge in [0.15, 0.2) is 0 Å². The standard InChI is InChI=1S/C26H28FN5O3/c27-21-12-10-18(11-13-21)23-29-24(35-30-23)19-6-4-14-31(16-19)25(33)20-7-5-15-32(17-20)26(34)28-22-8-2-1-3-9-22/h1-3,8-13,19-20H,4-7,14-17H2,(H,28,34). The first kappa shape index (κ1) is 23.0. The summed E-state index contributed by atoms with van der Waals surface area (Å²) in [6, 6.07) is 15.1. The van der Waals surface area contributed by atoms with Crippen molar-refractivity contribution in [2.45, 2.75) is 31.6 Å². The van der Waals surface area contributed by atoms with E-state index in [1.54, 1.807) is 17.0 Å². The van der Waals surface area contributed by atoms with Crippen LogP contribution in [0, 0.1) is 11.7 Å². The van der Waals surface area contributed by atoms with Gasteiger partial charge in [0, 0.05) is 37.4 Å². The first-order valence-corrected chi connectivity index (χ1v) is 12.1. The highest BCUT2D eigenvalue weighted by Crippen LogP contribution is 2.30. The van der Waals surface area contributed by atoms with Gasteiger partial charge in [0.05, 0.1) is 11.8 Å². The molecule has 8 nitrogen and oxygen atoms in total. The summed E-state index contributed by atoms with van der Waals surface area (Å²) in [5.41, 5.74) is 1.42. The van der Waals surface area contributed by atoms with Gasteiger partial charge in [-0.3, -0.25) is 4.79 Å². The molecule has 2 aromatic carbocycles. The molecule has 0 spiro atoms. The van der Waals surface area contributed by atoms with Gasteiger partial charge in [-0.05, 0) is 62.1 Å². The highest BCUT2D eigenvalue weighted by molar-refractivity contribution is 5.90. The number of carbonyl (C=O) groups is 2. The average molecular weight is 478 g/mol. The highest BCUT2D eigenvalue weighted by Gasteiger charge is 2.35. The summed E-state index contributed by atoms with van der Waals surface area (Å²) in [7, 11) is 0. The van der Waals surface area contributed by atoms with E-state index in [4.69, 9.17) is 4.52 Å². The molecule has 0 bridgehead atoms. The van der Waals surface area contributed by atoms with Crippen molar-refractivity contribution in [2.24, 2.45) is 5.92 Å². The van der Waals surface area contributed by atoms with Gasteiger partial charge in [-0.1, -0.05) is 23.4 Å². The fourth-order valence-electron chi connectivity index (χ4n) is 4.84. The number of hydrogen-bond donors (Lipinski definition) is 1. The van der Waals surface area contributed by atoms with Gasteiger partial charge in [-0.15, -0.1) is 0 Å². The van der Waals surface area contributed by atoms with E-state index < -0.39 is 0 Å². The van der Waals surface area contributed by atoms with Crippen LogP contribution >= 0.6 is 0 Å². The van der Waals surface area contributed by atoms with Crippen molar-refractivity contribution >= 4 is 17.6 Å². The second-order valence-corrected chi connectivity index (χ2v) is 9.17. The topological polar surface area (TPSA) is 91.6 Å². The van der Waals surface area contributed by atoms with Crippen LogP contribution in [0.15, 0.2) is 59.1 Å². The van der Waals surface area contributed by atoms with Crippen LogP contribution in [0.2, 0.25) is 0 Å². The van der Waals surface area contributed by atoms with Crippen LogP contribution in [0.4, 0.5) is 14.9 Å². The van der Waals surface area contributed by atoms with Crippen LogP contribution in [0.1, 0.15) is 37.5 Å². The summed E-state index contributed by atoms with van der Waals surface area (Å²) in [5.74, 6) is 0.394. The number of nitrogens with one attached hydrogen (secondary N) is 1. The van der Waals surface area contributed by atoms with Crippen LogP contribution in [-0.4, -0.2) is 58.1 Å². The molecule has 3 amide bonds. The first-order valence-electron chi connectivity index (χ1n) is 12.1. The fourth-order valence-corrected chi connectivity index (χ4v) is 4.84. The Labute approximate surface area is 203 Å². The number of likely N-dealkylation sites (tertiary alicyclic amines) is 2. The largest absolute Gasteiger partial charge is 0.342 e. The molecule has 1 aromatic heterocycles. The van der Waals surface area contributed by atoms with Crippen molar-refractivity contribution in [3.05, 3.63) is 66.3 Å². The molecule has 0 saturated carbocycles. The number of para-hydroxylation sites is 1. The van der Waals surface area contributed by atoms with Crippen LogP contribution in [-0.2, 0) is 4.79 Å². The zero-order chi connectivity index (χ0) is 24.2. The summed E-state index contributed by atoms with van der Waals surface area (Å²) >= 11 is 0. The molecule has 2 unspecified atom stereocenters. The van der Waals surface area contributed by atoms with E-state index in [0.717, 1.165) is 31.4 Å². The van der Waals surface area contributed by atoms with E-state index in [0.29, 0.717) is 43.5 Å². The van der Waals surface area contributed by atoms with Crippen LogP contribution in [0.5, 0.6) is 0 Å². The third kappa shape index (κ3) is 5.34. The zero-order valence-corrected chi connectivity index (χ0v) is 19.4. The Morgan fingerprint density at radius 2 is 1.69 bits per heavy atom. The minimum absolute atomic E-state index is 0.0459. The molecule has 0 radical (unpaired) electrons. The number of anilines is 1. The molecule has 9 heteroatoms. The number of aromatic nitrogens is 2. The second-order valence-electron chi connectivity index (χ2n) is 9.17. The van der Waals surface area contributed by atoms with E-state index in [1.807, 2.05) is 35.2 Å². The number of amides is 3. The number of piperidine rings is 2. The number of carbonyl (C=O) groups excluding carboxylic acids is 2. The first-order chi connectivity index (χ1) is 17.1. The van der Waals surface area contributed by atoms with Gasteiger partial charge in [0.25, 0.3) is 0 Å². The minimum atomic E-state index is -0.322. The molecule has 0 aliphatic carbocycles. The van der Waals surface area contributed by atoms with E-state index >= 15 is 0 Å². The Morgan fingerprint density at radius 1 is 0.943 bits per heavy atom. The molecule has 2 aliphatic heterocycles. The Morgan fingerprint density at radius 3 is 2.49 bits per heavy atom. The number of rotatable bonds is 4. The number of urea groups is 1. The number of benzene rings is 2.